The molecule has 1 saturated heterocycles. The molecule has 0 saturated carbocycles. The summed E-state index contributed by atoms with van der Waals surface area (Å²) in [5.41, 5.74) is 6.34. The number of aromatic nitrogens is 3. The molecule has 1 unspecified atom stereocenters. The molecule has 3 N–H and O–H groups in total. The lowest BCUT2D eigenvalue weighted by Gasteiger charge is -2.28. The van der Waals surface area contributed by atoms with Gasteiger partial charge in [-0.2, -0.15) is 18.3 Å². The molecule has 0 radical (unpaired) electrons. The van der Waals surface area contributed by atoms with Crippen molar-refractivity contribution in [3.8, 4) is 22.6 Å². The number of morpholine rings is 1. The molecule has 1 fully saturated rings. The molecule has 10 nitrogen and oxygen atoms in total. The summed E-state index contributed by atoms with van der Waals surface area (Å²) in [5, 5.41) is 7.16. The maximum absolute atomic E-state index is 13.1. The van der Waals surface area contributed by atoms with Gasteiger partial charge in [0.1, 0.15) is 18.3 Å². The van der Waals surface area contributed by atoms with Gasteiger partial charge in [0.05, 0.1) is 30.2 Å². The van der Waals surface area contributed by atoms with Gasteiger partial charge in [-0.05, 0) is 42.3 Å². The molecule has 1 aliphatic rings. The molecule has 2 aromatic carbocycles. The second kappa shape index (κ2) is 13.3. The van der Waals surface area contributed by atoms with Gasteiger partial charge < -0.3 is 15.8 Å². The molecule has 0 aliphatic carbocycles. The summed E-state index contributed by atoms with van der Waals surface area (Å²) in [4.78, 5) is 40.9. The Kier molecular flexibility index (Phi) is 9.26. The van der Waals surface area contributed by atoms with Crippen LogP contribution in [0.4, 0.5) is 18.9 Å². The highest BCUT2D eigenvalue weighted by molar-refractivity contribution is 5.91. The Hall–Kier alpha value is -4.75. The summed E-state index contributed by atoms with van der Waals surface area (Å²) in [6.45, 7) is 2.78. The molecule has 3 heterocycles. The van der Waals surface area contributed by atoms with Crippen LogP contribution in [0.1, 0.15) is 18.0 Å². The van der Waals surface area contributed by atoms with Crippen molar-refractivity contribution in [2.24, 2.45) is 5.73 Å². The van der Waals surface area contributed by atoms with E-state index in [2.05, 4.69) is 10.2 Å². The zero-order chi connectivity index (χ0) is 31.3. The lowest BCUT2D eigenvalue weighted by Crippen LogP contribution is -2.39. The van der Waals surface area contributed by atoms with Crippen molar-refractivity contribution in [1.82, 2.24) is 19.2 Å². The van der Waals surface area contributed by atoms with E-state index in [4.69, 9.17) is 15.6 Å². The third kappa shape index (κ3) is 7.24. The van der Waals surface area contributed by atoms with Gasteiger partial charge >= 0.3 is 6.18 Å². The van der Waals surface area contributed by atoms with Crippen LogP contribution in [0, 0.1) is 0 Å². The number of amides is 2. The van der Waals surface area contributed by atoms with Crippen LogP contribution in [-0.4, -0.2) is 63.9 Å². The number of hydrogen-bond donors (Lipinski definition) is 2. The topological polar surface area (TPSA) is 124 Å². The number of nitrogens with zero attached hydrogens (tertiary/aromatic N) is 4. The zero-order valence-corrected chi connectivity index (χ0v) is 23.7. The minimum absolute atomic E-state index is 0.0597. The van der Waals surface area contributed by atoms with Gasteiger partial charge in [-0.1, -0.05) is 42.5 Å². The monoisotopic (exact) mass is 608 g/mol. The van der Waals surface area contributed by atoms with Gasteiger partial charge in [-0.15, -0.1) is 0 Å². The number of anilines is 1. The summed E-state index contributed by atoms with van der Waals surface area (Å²) in [6.07, 6.45) is -4.19. The fourth-order valence-corrected chi connectivity index (χ4v) is 5.12. The lowest BCUT2D eigenvalue weighted by molar-refractivity contribution is -0.137. The molecule has 2 aromatic heterocycles. The van der Waals surface area contributed by atoms with E-state index in [1.807, 2.05) is 30.3 Å². The first-order valence-corrected chi connectivity index (χ1v) is 14.0. The maximum Gasteiger partial charge on any atom is 0.416 e. The average Bonchev–Trinajstić information content (AvgIpc) is 3.43. The number of nitrogens with two attached hydrogens (primary N) is 1. The van der Waals surface area contributed by atoms with E-state index in [1.54, 1.807) is 16.8 Å². The van der Waals surface area contributed by atoms with Crippen molar-refractivity contribution in [3.63, 3.8) is 0 Å². The Balaban J connectivity index is 1.48. The van der Waals surface area contributed by atoms with Crippen LogP contribution in [0.5, 0.6) is 0 Å². The van der Waals surface area contributed by atoms with Crippen molar-refractivity contribution >= 4 is 17.5 Å². The van der Waals surface area contributed by atoms with Crippen molar-refractivity contribution in [3.05, 3.63) is 94.8 Å². The first-order chi connectivity index (χ1) is 21.1. The van der Waals surface area contributed by atoms with Gasteiger partial charge in [0.25, 0.3) is 5.56 Å². The van der Waals surface area contributed by atoms with Crippen LogP contribution in [0.25, 0.3) is 22.6 Å². The molecular formula is C31H31F3N6O4. The number of alkyl halides is 3. The van der Waals surface area contributed by atoms with Crippen LogP contribution in [0.2, 0.25) is 0 Å². The fraction of sp³-hybridized carbons (Fsp3) is 0.290. The number of carbonyl (C=O) groups excluding carboxylic acids is 2. The molecule has 1 atom stereocenters. The van der Waals surface area contributed by atoms with E-state index in [9.17, 15) is 27.6 Å². The molecule has 13 heteroatoms. The molecule has 0 spiro atoms. The summed E-state index contributed by atoms with van der Waals surface area (Å²) < 4.78 is 47.6. The molecule has 230 valence electrons. The molecule has 44 heavy (non-hydrogen) atoms. The summed E-state index contributed by atoms with van der Waals surface area (Å²) >= 11 is 0. The highest BCUT2D eigenvalue weighted by atomic mass is 19.4. The van der Waals surface area contributed by atoms with Gasteiger partial charge in [0.2, 0.25) is 11.8 Å². The van der Waals surface area contributed by atoms with Crippen molar-refractivity contribution in [2.45, 2.75) is 25.2 Å². The predicted octanol–water partition coefficient (Wildman–Crippen LogP) is 3.79. The molecular weight excluding hydrogens is 577 g/mol. The minimum Gasteiger partial charge on any atom is -0.379 e. The van der Waals surface area contributed by atoms with Gasteiger partial charge in [-0.3, -0.25) is 28.5 Å². The standard InChI is InChI=1S/C31H31F3N6O4/c32-31(33,34)22-8-4-9-23(18-22)36-28(41)20-39-25(10-5-11-29(39)42)24-19-27(21-6-2-1-3-7-21)40(37-24)26(30(35)43)12-13-38-14-16-44-17-15-38/h1-11,18-19,26H,12-17,20H2,(H2,35,43)(H,36,41). The Morgan fingerprint density at radius 3 is 2.39 bits per heavy atom. The largest absolute Gasteiger partial charge is 0.416 e. The SMILES string of the molecule is NC(=O)C(CCN1CCOCC1)n1nc(-c2cccc(=O)n2CC(=O)Nc2cccc(C(F)(F)F)c2)cc1-c1ccccc1. The number of carbonyl (C=O) groups is 2. The van der Waals surface area contributed by atoms with E-state index in [0.717, 1.165) is 30.8 Å². The number of benzene rings is 2. The van der Waals surface area contributed by atoms with Gasteiger partial charge in [0.15, 0.2) is 0 Å². The third-order valence-corrected chi connectivity index (χ3v) is 7.34. The number of rotatable bonds is 10. The van der Waals surface area contributed by atoms with Crippen molar-refractivity contribution < 1.29 is 27.5 Å². The minimum atomic E-state index is -4.58. The predicted molar refractivity (Wildman–Crippen MR) is 158 cm³/mol. The second-order valence-electron chi connectivity index (χ2n) is 10.3. The lowest BCUT2D eigenvalue weighted by atomic mass is 10.1. The molecule has 0 bridgehead atoms. The van der Waals surface area contributed by atoms with Crippen LogP contribution < -0.4 is 16.6 Å². The number of primary amides is 1. The number of nitrogens with one attached hydrogen (secondary N) is 1. The molecule has 4 aromatic rings. The Bertz CT molecular complexity index is 1680. The quantitative estimate of drug-likeness (QED) is 0.283. The van der Waals surface area contributed by atoms with E-state index in [-0.39, 0.29) is 11.4 Å². The van der Waals surface area contributed by atoms with Crippen molar-refractivity contribution in [2.75, 3.05) is 38.2 Å². The third-order valence-electron chi connectivity index (χ3n) is 7.34. The van der Waals surface area contributed by atoms with E-state index in [0.29, 0.717) is 37.6 Å². The number of ether oxygens (including phenoxy) is 1. The van der Waals surface area contributed by atoms with Gasteiger partial charge in [0, 0.05) is 31.4 Å². The van der Waals surface area contributed by atoms with E-state index < -0.39 is 41.7 Å². The number of hydrogen-bond acceptors (Lipinski definition) is 6. The Labute approximate surface area is 250 Å². The Morgan fingerprint density at radius 1 is 0.955 bits per heavy atom. The van der Waals surface area contributed by atoms with Crippen LogP contribution in [0.15, 0.2) is 83.7 Å². The van der Waals surface area contributed by atoms with E-state index in [1.165, 1.54) is 28.8 Å². The highest BCUT2D eigenvalue weighted by Crippen LogP contribution is 2.31. The normalized spacial score (nSPS) is 14.7. The molecule has 1 aliphatic heterocycles. The van der Waals surface area contributed by atoms with E-state index >= 15 is 0 Å². The smallest absolute Gasteiger partial charge is 0.379 e. The zero-order valence-electron chi connectivity index (χ0n) is 23.7. The fourth-order valence-electron chi connectivity index (χ4n) is 5.12. The second-order valence-corrected chi connectivity index (χ2v) is 10.3. The Morgan fingerprint density at radius 2 is 1.68 bits per heavy atom. The van der Waals surface area contributed by atoms with Gasteiger partial charge in [-0.25, -0.2) is 0 Å². The summed E-state index contributed by atoms with van der Waals surface area (Å²) in [6, 6.07) is 18.8. The molecule has 2 amide bonds. The maximum atomic E-state index is 13.1. The van der Waals surface area contributed by atoms with Crippen LogP contribution in [-0.2, 0) is 27.0 Å². The van der Waals surface area contributed by atoms with Crippen LogP contribution >= 0.6 is 0 Å². The van der Waals surface area contributed by atoms with Crippen LogP contribution in [0.3, 0.4) is 0 Å². The molecule has 5 rings (SSSR count). The van der Waals surface area contributed by atoms with Crippen molar-refractivity contribution in [1.29, 1.82) is 0 Å². The first-order valence-electron chi connectivity index (χ1n) is 14.0. The average molecular weight is 609 g/mol. The number of pyridine rings is 1. The summed E-state index contributed by atoms with van der Waals surface area (Å²) in [7, 11) is 0. The summed E-state index contributed by atoms with van der Waals surface area (Å²) in [5.74, 6) is -1.28. The first kappa shape index (κ1) is 30.7. The highest BCUT2D eigenvalue weighted by Gasteiger charge is 2.30. The number of halogens is 3.